The fourth-order valence-electron chi connectivity index (χ4n) is 1.74. The van der Waals surface area contributed by atoms with Crippen molar-refractivity contribution in [2.45, 2.75) is 6.43 Å². The van der Waals surface area contributed by atoms with Gasteiger partial charge in [0.05, 0.1) is 19.4 Å². The van der Waals surface area contributed by atoms with Crippen LogP contribution in [0.25, 0.3) is 0 Å². The predicted octanol–water partition coefficient (Wildman–Crippen LogP) is -0.247. The first-order valence-corrected chi connectivity index (χ1v) is 5.20. The summed E-state index contributed by atoms with van der Waals surface area (Å²) in [6.45, 7) is -0.130. The molecule has 2 aliphatic heterocycles. The van der Waals surface area contributed by atoms with Crippen LogP contribution in [0.2, 0.25) is 0 Å². The molecule has 0 fully saturated rings. The summed E-state index contributed by atoms with van der Waals surface area (Å²) in [5.41, 5.74) is 6.10. The Labute approximate surface area is 102 Å². The second kappa shape index (κ2) is 4.63. The van der Waals surface area contributed by atoms with Crippen molar-refractivity contribution in [1.82, 2.24) is 10.2 Å². The number of hydrogen-bond donors (Lipinski definition) is 2. The number of amidine groups is 1. The van der Waals surface area contributed by atoms with Crippen molar-refractivity contribution in [3.63, 3.8) is 0 Å². The van der Waals surface area contributed by atoms with Gasteiger partial charge in [-0.3, -0.25) is 0 Å². The first-order valence-electron chi connectivity index (χ1n) is 5.20. The third-order valence-electron chi connectivity index (χ3n) is 2.55. The van der Waals surface area contributed by atoms with Crippen molar-refractivity contribution in [1.29, 1.82) is 0 Å². The molecular formula is C10H12F2N4O2. The average Bonchev–Trinajstić information content (AvgIpc) is 2.69. The number of aliphatic imine (C=N–C) groups is 1. The van der Waals surface area contributed by atoms with Gasteiger partial charge in [-0.1, -0.05) is 0 Å². The van der Waals surface area contributed by atoms with Gasteiger partial charge >= 0.3 is 5.97 Å². The van der Waals surface area contributed by atoms with Crippen molar-refractivity contribution in [2.75, 3.05) is 20.2 Å². The molecule has 0 saturated heterocycles. The molecule has 0 atom stereocenters. The summed E-state index contributed by atoms with van der Waals surface area (Å²) in [4.78, 5) is 16.7. The van der Waals surface area contributed by atoms with Gasteiger partial charge in [0.2, 0.25) is 0 Å². The fourth-order valence-corrected chi connectivity index (χ4v) is 1.74. The van der Waals surface area contributed by atoms with Crippen LogP contribution in [-0.2, 0) is 9.53 Å². The number of nitrogens with two attached hydrogens (primary N) is 1. The van der Waals surface area contributed by atoms with E-state index in [1.807, 2.05) is 0 Å². The molecule has 3 N–H and O–H groups in total. The van der Waals surface area contributed by atoms with Crippen molar-refractivity contribution in [3.05, 3.63) is 23.3 Å². The van der Waals surface area contributed by atoms with E-state index in [9.17, 15) is 13.6 Å². The molecular weight excluding hydrogens is 246 g/mol. The summed E-state index contributed by atoms with van der Waals surface area (Å²) < 4.78 is 29.2. The molecule has 0 amide bonds. The molecule has 0 radical (unpaired) electrons. The number of nitrogens with zero attached hydrogens (tertiary/aromatic N) is 2. The lowest BCUT2D eigenvalue weighted by atomic mass is 10.3. The highest BCUT2D eigenvalue weighted by Gasteiger charge is 2.30. The van der Waals surface area contributed by atoms with Gasteiger partial charge in [-0.25, -0.2) is 18.6 Å². The van der Waals surface area contributed by atoms with Crippen LogP contribution in [0.3, 0.4) is 0 Å². The Bertz CT molecular complexity index is 470. The lowest BCUT2D eigenvalue weighted by molar-refractivity contribution is -0.136. The second-order valence-corrected chi connectivity index (χ2v) is 3.73. The van der Waals surface area contributed by atoms with Gasteiger partial charge in [-0.05, 0) is 6.08 Å². The fraction of sp³-hybridized carbons (Fsp3) is 0.400. The minimum Gasteiger partial charge on any atom is -0.464 e. The highest BCUT2D eigenvalue weighted by atomic mass is 19.3. The molecule has 2 rings (SSSR count). The summed E-state index contributed by atoms with van der Waals surface area (Å²) in [5, 5.41) is 2.74. The zero-order valence-electron chi connectivity index (χ0n) is 9.61. The van der Waals surface area contributed by atoms with Crippen LogP contribution in [-0.4, -0.2) is 43.3 Å². The van der Waals surface area contributed by atoms with Crippen LogP contribution < -0.4 is 11.1 Å². The predicted molar refractivity (Wildman–Crippen MR) is 59.5 cm³/mol. The molecule has 2 aliphatic rings. The smallest absolute Gasteiger partial charge is 0.358 e. The van der Waals surface area contributed by atoms with E-state index in [0.717, 1.165) is 0 Å². The Balaban J connectivity index is 2.25. The molecule has 18 heavy (non-hydrogen) atoms. The number of carbonyl (C=O) groups excluding carboxylic acids is 1. The number of carbonyl (C=O) groups is 1. The molecule has 8 heteroatoms. The van der Waals surface area contributed by atoms with Crippen LogP contribution in [0.15, 0.2) is 28.3 Å². The first-order chi connectivity index (χ1) is 8.52. The zero-order chi connectivity index (χ0) is 13.3. The third-order valence-corrected chi connectivity index (χ3v) is 2.55. The lowest BCUT2D eigenvalue weighted by Gasteiger charge is -2.23. The Morgan fingerprint density at radius 2 is 2.44 bits per heavy atom. The van der Waals surface area contributed by atoms with E-state index < -0.39 is 18.9 Å². The lowest BCUT2D eigenvalue weighted by Crippen LogP contribution is -2.39. The molecule has 0 aromatic rings. The highest BCUT2D eigenvalue weighted by molar-refractivity contribution is 6.04. The quantitative estimate of drug-likeness (QED) is 0.683. The number of nitrogens with one attached hydrogen (secondary N) is 1. The number of ether oxygens (including phenoxy) is 1. The standard InChI is InChI=1S/C10H12F2N4O2/c1-18-10(17)7-8(13)15-9-5(14-7)2-3-16(9)4-6(11)12/h2,6,14H,3-4,13H2,1H3. The number of halogens is 2. The van der Waals surface area contributed by atoms with Gasteiger partial charge < -0.3 is 20.7 Å². The maximum absolute atomic E-state index is 12.3. The van der Waals surface area contributed by atoms with Gasteiger partial charge in [0.1, 0.15) is 0 Å². The molecule has 0 unspecified atom stereocenters. The number of esters is 1. The van der Waals surface area contributed by atoms with E-state index in [4.69, 9.17) is 5.73 Å². The Kier molecular flexibility index (Phi) is 3.17. The number of fused-ring (bicyclic) bond motifs is 1. The molecule has 0 aromatic carbocycles. The monoisotopic (exact) mass is 258 g/mol. The Hall–Kier alpha value is -2.12. The molecule has 0 aromatic heterocycles. The van der Waals surface area contributed by atoms with Crippen LogP contribution in [0.5, 0.6) is 0 Å². The topological polar surface area (TPSA) is 80.0 Å². The largest absolute Gasteiger partial charge is 0.464 e. The molecule has 0 spiro atoms. The van der Waals surface area contributed by atoms with Crippen LogP contribution in [0, 0.1) is 0 Å². The van der Waals surface area contributed by atoms with E-state index >= 15 is 0 Å². The minimum absolute atomic E-state index is 0.0198. The molecule has 0 saturated carbocycles. The summed E-state index contributed by atoms with van der Waals surface area (Å²) in [6, 6.07) is 0. The van der Waals surface area contributed by atoms with Crippen LogP contribution in [0.1, 0.15) is 0 Å². The van der Waals surface area contributed by atoms with E-state index in [0.29, 0.717) is 18.1 Å². The summed E-state index contributed by atoms with van der Waals surface area (Å²) >= 11 is 0. The zero-order valence-corrected chi connectivity index (χ0v) is 9.61. The van der Waals surface area contributed by atoms with E-state index in [1.165, 1.54) is 12.0 Å². The van der Waals surface area contributed by atoms with Gasteiger partial charge in [0, 0.05) is 6.54 Å². The third kappa shape index (κ3) is 2.13. The maximum Gasteiger partial charge on any atom is 0.358 e. The number of alkyl halides is 2. The van der Waals surface area contributed by atoms with E-state index in [-0.39, 0.29) is 11.5 Å². The second-order valence-electron chi connectivity index (χ2n) is 3.73. The number of methoxy groups -OCH3 is 1. The highest BCUT2D eigenvalue weighted by Crippen LogP contribution is 2.20. The van der Waals surface area contributed by atoms with Gasteiger partial charge in [-0.2, -0.15) is 0 Å². The summed E-state index contributed by atoms with van der Waals surface area (Å²) in [5.74, 6) is -0.404. The van der Waals surface area contributed by atoms with Gasteiger partial charge in [0.25, 0.3) is 6.43 Å². The van der Waals surface area contributed by atoms with E-state index in [1.54, 1.807) is 6.08 Å². The van der Waals surface area contributed by atoms with Crippen molar-refractivity contribution in [2.24, 2.45) is 10.7 Å². The Morgan fingerprint density at radius 1 is 1.72 bits per heavy atom. The first kappa shape index (κ1) is 12.3. The molecule has 98 valence electrons. The van der Waals surface area contributed by atoms with Crippen molar-refractivity contribution in [3.8, 4) is 0 Å². The maximum atomic E-state index is 12.3. The van der Waals surface area contributed by atoms with Gasteiger partial charge in [0.15, 0.2) is 17.4 Å². The number of hydrogen-bond acceptors (Lipinski definition) is 6. The Morgan fingerprint density at radius 3 is 3.06 bits per heavy atom. The van der Waals surface area contributed by atoms with Crippen LogP contribution in [0.4, 0.5) is 8.78 Å². The SMILES string of the molecule is COC(=O)C1=C(N)N=C2C(=CCN2CC(F)F)N1. The molecule has 0 aliphatic carbocycles. The van der Waals surface area contributed by atoms with Crippen molar-refractivity contribution < 1.29 is 18.3 Å². The van der Waals surface area contributed by atoms with Crippen molar-refractivity contribution >= 4 is 11.8 Å². The number of rotatable bonds is 3. The summed E-state index contributed by atoms with van der Waals surface area (Å²) in [7, 11) is 1.22. The minimum atomic E-state index is -2.47. The molecule has 6 nitrogen and oxygen atoms in total. The van der Waals surface area contributed by atoms with Crippen LogP contribution >= 0.6 is 0 Å². The summed E-state index contributed by atoms with van der Waals surface area (Å²) in [6.07, 6.45) is -0.802. The normalized spacial score (nSPS) is 18.3. The van der Waals surface area contributed by atoms with E-state index in [2.05, 4.69) is 15.0 Å². The average molecular weight is 258 g/mol. The molecule has 0 bridgehead atoms. The molecule has 2 heterocycles. The van der Waals surface area contributed by atoms with Gasteiger partial charge in [-0.15, -0.1) is 0 Å².